The quantitative estimate of drug-likeness (QED) is 0.792. The molecule has 0 fully saturated rings. The van der Waals surface area contributed by atoms with Crippen LogP contribution in [0.15, 0.2) is 18.2 Å². The number of ether oxygens (including phenoxy) is 1. The molecule has 0 bridgehead atoms. The van der Waals surface area contributed by atoms with Crippen LogP contribution in [-0.2, 0) is 0 Å². The summed E-state index contributed by atoms with van der Waals surface area (Å²) in [6, 6.07) is 7.92. The van der Waals surface area contributed by atoms with Crippen LogP contribution < -0.4 is 15.4 Å². The van der Waals surface area contributed by atoms with E-state index in [2.05, 4.69) is 17.9 Å². The Morgan fingerprint density at radius 1 is 1.53 bits per heavy atom. The second-order valence-corrected chi connectivity index (χ2v) is 4.00. The standard InChI is InChI=1S/C13H19N3O/c1-4-16(9-10(2)8-14)11-5-6-12(15)13(7-11)17-3/h5-7,10H,4,9,15H2,1-3H3. The molecular formula is C13H19N3O. The summed E-state index contributed by atoms with van der Waals surface area (Å²) in [6.45, 7) is 5.53. The lowest BCUT2D eigenvalue weighted by molar-refractivity contribution is 0.417. The largest absolute Gasteiger partial charge is 0.495 e. The molecule has 4 nitrogen and oxygen atoms in total. The molecule has 0 aliphatic rings. The van der Waals surface area contributed by atoms with Gasteiger partial charge in [0.25, 0.3) is 0 Å². The first-order chi connectivity index (χ1) is 8.12. The second kappa shape index (κ2) is 6.00. The number of benzene rings is 1. The highest BCUT2D eigenvalue weighted by Crippen LogP contribution is 2.27. The fourth-order valence-corrected chi connectivity index (χ4v) is 1.69. The Morgan fingerprint density at radius 2 is 2.24 bits per heavy atom. The number of rotatable bonds is 5. The van der Waals surface area contributed by atoms with Gasteiger partial charge in [-0.2, -0.15) is 5.26 Å². The van der Waals surface area contributed by atoms with Gasteiger partial charge in [0, 0.05) is 24.8 Å². The van der Waals surface area contributed by atoms with Crippen molar-refractivity contribution in [3.05, 3.63) is 18.2 Å². The summed E-state index contributed by atoms with van der Waals surface area (Å²) in [6.07, 6.45) is 0. The van der Waals surface area contributed by atoms with Gasteiger partial charge in [-0.25, -0.2) is 0 Å². The van der Waals surface area contributed by atoms with E-state index in [-0.39, 0.29) is 5.92 Å². The lowest BCUT2D eigenvalue weighted by Crippen LogP contribution is -2.27. The zero-order chi connectivity index (χ0) is 12.8. The van der Waals surface area contributed by atoms with Crippen LogP contribution in [0.4, 0.5) is 11.4 Å². The molecule has 0 saturated heterocycles. The smallest absolute Gasteiger partial charge is 0.143 e. The maximum Gasteiger partial charge on any atom is 0.143 e. The topological polar surface area (TPSA) is 62.3 Å². The van der Waals surface area contributed by atoms with Gasteiger partial charge in [0.05, 0.1) is 24.8 Å². The first-order valence-corrected chi connectivity index (χ1v) is 5.70. The van der Waals surface area contributed by atoms with Gasteiger partial charge in [-0.3, -0.25) is 0 Å². The van der Waals surface area contributed by atoms with E-state index in [1.807, 2.05) is 25.1 Å². The van der Waals surface area contributed by atoms with E-state index < -0.39 is 0 Å². The molecule has 4 heteroatoms. The van der Waals surface area contributed by atoms with Gasteiger partial charge in [-0.15, -0.1) is 0 Å². The van der Waals surface area contributed by atoms with E-state index in [1.165, 1.54) is 0 Å². The van der Waals surface area contributed by atoms with E-state index in [0.717, 1.165) is 12.2 Å². The Kier molecular flexibility index (Phi) is 4.65. The van der Waals surface area contributed by atoms with Crippen LogP contribution in [0.1, 0.15) is 13.8 Å². The van der Waals surface area contributed by atoms with Crippen LogP contribution in [0.25, 0.3) is 0 Å². The molecule has 0 heterocycles. The van der Waals surface area contributed by atoms with Gasteiger partial charge in [-0.05, 0) is 26.0 Å². The van der Waals surface area contributed by atoms with Crippen LogP contribution in [0.5, 0.6) is 5.75 Å². The Morgan fingerprint density at radius 3 is 2.76 bits per heavy atom. The van der Waals surface area contributed by atoms with Crippen molar-refractivity contribution in [2.75, 3.05) is 30.8 Å². The van der Waals surface area contributed by atoms with Crippen molar-refractivity contribution < 1.29 is 4.74 Å². The predicted octanol–water partition coefficient (Wildman–Crippen LogP) is 2.26. The summed E-state index contributed by atoms with van der Waals surface area (Å²) in [5.74, 6) is 0.670. The van der Waals surface area contributed by atoms with E-state index in [4.69, 9.17) is 15.7 Å². The molecule has 0 aliphatic heterocycles. The zero-order valence-electron chi connectivity index (χ0n) is 10.6. The molecule has 92 valence electrons. The molecule has 0 amide bonds. The minimum Gasteiger partial charge on any atom is -0.495 e. The fourth-order valence-electron chi connectivity index (χ4n) is 1.69. The molecule has 0 spiro atoms. The molecule has 2 N–H and O–H groups in total. The number of anilines is 2. The third-order valence-corrected chi connectivity index (χ3v) is 2.68. The lowest BCUT2D eigenvalue weighted by Gasteiger charge is -2.24. The highest BCUT2D eigenvalue weighted by Gasteiger charge is 2.10. The number of hydrogen-bond donors (Lipinski definition) is 1. The van der Waals surface area contributed by atoms with Gasteiger partial charge in [0.2, 0.25) is 0 Å². The Hall–Kier alpha value is -1.89. The van der Waals surface area contributed by atoms with Gasteiger partial charge in [0.15, 0.2) is 0 Å². The van der Waals surface area contributed by atoms with E-state index in [0.29, 0.717) is 18.0 Å². The molecule has 1 unspecified atom stereocenters. The van der Waals surface area contributed by atoms with Crippen molar-refractivity contribution >= 4 is 11.4 Å². The van der Waals surface area contributed by atoms with Crippen molar-refractivity contribution in [2.45, 2.75) is 13.8 Å². The average Bonchev–Trinajstić information content (AvgIpc) is 2.36. The van der Waals surface area contributed by atoms with Crippen molar-refractivity contribution in [2.24, 2.45) is 5.92 Å². The Labute approximate surface area is 103 Å². The predicted molar refractivity (Wildman–Crippen MR) is 70.1 cm³/mol. The lowest BCUT2D eigenvalue weighted by atomic mass is 10.1. The number of nitriles is 1. The monoisotopic (exact) mass is 233 g/mol. The van der Waals surface area contributed by atoms with Crippen LogP contribution in [0.2, 0.25) is 0 Å². The van der Waals surface area contributed by atoms with Gasteiger partial charge < -0.3 is 15.4 Å². The van der Waals surface area contributed by atoms with Gasteiger partial charge in [-0.1, -0.05) is 0 Å². The van der Waals surface area contributed by atoms with E-state index in [1.54, 1.807) is 7.11 Å². The highest BCUT2D eigenvalue weighted by molar-refractivity contribution is 5.62. The molecule has 0 saturated carbocycles. The van der Waals surface area contributed by atoms with Crippen molar-refractivity contribution in [1.29, 1.82) is 5.26 Å². The first-order valence-electron chi connectivity index (χ1n) is 5.70. The van der Waals surface area contributed by atoms with Crippen molar-refractivity contribution in [3.63, 3.8) is 0 Å². The number of nitrogens with two attached hydrogens (primary N) is 1. The van der Waals surface area contributed by atoms with Crippen molar-refractivity contribution in [1.82, 2.24) is 0 Å². The Balaban J connectivity index is 2.92. The summed E-state index contributed by atoms with van der Waals surface area (Å²) in [7, 11) is 1.60. The highest BCUT2D eigenvalue weighted by atomic mass is 16.5. The van der Waals surface area contributed by atoms with Gasteiger partial charge in [0.1, 0.15) is 5.75 Å². The normalized spacial score (nSPS) is 11.6. The number of hydrogen-bond acceptors (Lipinski definition) is 4. The summed E-state index contributed by atoms with van der Waals surface area (Å²) in [5, 5.41) is 8.85. The third-order valence-electron chi connectivity index (χ3n) is 2.68. The molecule has 17 heavy (non-hydrogen) atoms. The number of methoxy groups -OCH3 is 1. The molecule has 1 aromatic rings. The summed E-state index contributed by atoms with van der Waals surface area (Å²) >= 11 is 0. The number of nitrogens with zero attached hydrogens (tertiary/aromatic N) is 2. The van der Waals surface area contributed by atoms with Crippen LogP contribution in [0.3, 0.4) is 0 Å². The maximum atomic E-state index is 8.85. The minimum absolute atomic E-state index is 0.00139. The minimum atomic E-state index is -0.00139. The summed E-state index contributed by atoms with van der Waals surface area (Å²) in [4.78, 5) is 2.13. The van der Waals surface area contributed by atoms with Crippen LogP contribution >= 0.6 is 0 Å². The average molecular weight is 233 g/mol. The number of nitrogen functional groups attached to an aromatic ring is 1. The fraction of sp³-hybridized carbons (Fsp3) is 0.462. The van der Waals surface area contributed by atoms with E-state index in [9.17, 15) is 0 Å². The van der Waals surface area contributed by atoms with Gasteiger partial charge >= 0.3 is 0 Å². The molecule has 0 aliphatic carbocycles. The van der Waals surface area contributed by atoms with Crippen LogP contribution in [-0.4, -0.2) is 20.2 Å². The maximum absolute atomic E-state index is 8.85. The molecule has 1 rings (SSSR count). The third kappa shape index (κ3) is 3.28. The molecule has 1 atom stereocenters. The summed E-state index contributed by atoms with van der Waals surface area (Å²) < 4.78 is 5.19. The molecule has 0 aromatic heterocycles. The summed E-state index contributed by atoms with van der Waals surface area (Å²) in [5.41, 5.74) is 7.43. The molecule has 0 radical (unpaired) electrons. The first kappa shape index (κ1) is 13.2. The zero-order valence-corrected chi connectivity index (χ0v) is 10.6. The van der Waals surface area contributed by atoms with Crippen molar-refractivity contribution in [3.8, 4) is 11.8 Å². The molecule has 1 aromatic carbocycles. The second-order valence-electron chi connectivity index (χ2n) is 4.00. The van der Waals surface area contributed by atoms with Crippen LogP contribution in [0, 0.1) is 17.2 Å². The SMILES string of the molecule is CCN(CC(C)C#N)c1ccc(N)c(OC)c1. The van der Waals surface area contributed by atoms with E-state index >= 15 is 0 Å². The Bertz CT molecular complexity index is 412. The molecular weight excluding hydrogens is 214 g/mol.